The number of hydrogen-bond donors (Lipinski definition) is 2. The molecule has 0 spiro atoms. The first kappa shape index (κ1) is 15.6. The minimum Gasteiger partial charge on any atom is -0.508 e. The summed E-state index contributed by atoms with van der Waals surface area (Å²) >= 11 is 0. The van der Waals surface area contributed by atoms with Crippen LogP contribution in [0.25, 0.3) is 0 Å². The molecule has 3 N–H and O–H groups in total. The number of hydrogen-bond acceptors (Lipinski definition) is 2. The molecule has 0 bridgehead atoms. The summed E-state index contributed by atoms with van der Waals surface area (Å²) in [5.74, 6) is 0.900. The molecule has 0 fully saturated rings. The van der Waals surface area contributed by atoms with Crippen molar-refractivity contribution in [3.63, 3.8) is 0 Å². The lowest BCUT2D eigenvalue weighted by Crippen LogP contribution is -2.28. The maximum Gasteiger partial charge on any atom is 0.119 e. The molecule has 2 nitrogen and oxygen atoms in total. The average molecular weight is 283 g/mol. The van der Waals surface area contributed by atoms with Gasteiger partial charge in [-0.15, -0.1) is 0 Å². The summed E-state index contributed by atoms with van der Waals surface area (Å²) in [6.45, 7) is 6.33. The molecule has 0 aromatic heterocycles. The Labute approximate surface area is 127 Å². The Kier molecular flexibility index (Phi) is 5.03. The monoisotopic (exact) mass is 283 g/mol. The van der Waals surface area contributed by atoms with Crippen molar-refractivity contribution < 1.29 is 5.11 Å². The van der Waals surface area contributed by atoms with E-state index in [0.717, 1.165) is 17.5 Å². The van der Waals surface area contributed by atoms with Gasteiger partial charge in [0.05, 0.1) is 0 Å². The van der Waals surface area contributed by atoms with Crippen molar-refractivity contribution in [2.24, 2.45) is 11.7 Å². The van der Waals surface area contributed by atoms with E-state index in [2.05, 4.69) is 32.0 Å². The fraction of sp³-hybridized carbons (Fsp3) is 0.368. The highest BCUT2D eigenvalue weighted by molar-refractivity contribution is 5.43. The van der Waals surface area contributed by atoms with Gasteiger partial charge in [-0.3, -0.25) is 0 Å². The van der Waals surface area contributed by atoms with E-state index in [9.17, 15) is 5.11 Å². The zero-order chi connectivity index (χ0) is 15.4. The van der Waals surface area contributed by atoms with E-state index < -0.39 is 0 Å². The standard InChI is InChI=1S/C19H25NO/c1-13(2)18(20)12-16(15-7-5-4-6-8-15)17-11-14(3)9-10-19(17)21/h4-11,13,16,18,21H,12,20H2,1-3H3. The van der Waals surface area contributed by atoms with Gasteiger partial charge in [0.1, 0.15) is 5.75 Å². The number of aryl methyl sites for hydroxylation is 1. The molecule has 2 rings (SSSR count). The summed E-state index contributed by atoms with van der Waals surface area (Å²) in [5, 5.41) is 10.3. The Hall–Kier alpha value is -1.80. The number of phenolic OH excluding ortho intramolecular Hbond substituents is 1. The van der Waals surface area contributed by atoms with Gasteiger partial charge < -0.3 is 10.8 Å². The SMILES string of the molecule is Cc1ccc(O)c(C(CC(N)C(C)C)c2ccccc2)c1. The molecule has 21 heavy (non-hydrogen) atoms. The molecule has 0 amide bonds. The highest BCUT2D eigenvalue weighted by Crippen LogP contribution is 2.35. The lowest BCUT2D eigenvalue weighted by Gasteiger charge is -2.25. The molecular formula is C19H25NO. The van der Waals surface area contributed by atoms with Crippen LogP contribution < -0.4 is 5.73 Å². The van der Waals surface area contributed by atoms with Gasteiger partial charge in [-0.25, -0.2) is 0 Å². The molecule has 112 valence electrons. The van der Waals surface area contributed by atoms with E-state index in [-0.39, 0.29) is 12.0 Å². The van der Waals surface area contributed by atoms with Crippen LogP contribution >= 0.6 is 0 Å². The summed E-state index contributed by atoms with van der Waals surface area (Å²) in [6, 6.07) is 16.2. The van der Waals surface area contributed by atoms with Gasteiger partial charge in [-0.2, -0.15) is 0 Å². The van der Waals surface area contributed by atoms with E-state index in [1.54, 1.807) is 6.07 Å². The second-order valence-electron chi connectivity index (χ2n) is 6.17. The summed E-state index contributed by atoms with van der Waals surface area (Å²) in [6.07, 6.45) is 0.832. The molecule has 2 aromatic rings. The van der Waals surface area contributed by atoms with Crippen LogP contribution in [0.2, 0.25) is 0 Å². The summed E-state index contributed by atoms with van der Waals surface area (Å²) in [5.41, 5.74) is 9.63. The molecule has 2 atom stereocenters. The quantitative estimate of drug-likeness (QED) is 0.863. The van der Waals surface area contributed by atoms with Crippen LogP contribution in [0.3, 0.4) is 0 Å². The van der Waals surface area contributed by atoms with Crippen molar-refractivity contribution in [3.05, 3.63) is 65.2 Å². The Balaban J connectivity index is 2.43. The molecule has 0 saturated heterocycles. The predicted molar refractivity (Wildman–Crippen MR) is 88.6 cm³/mol. The third-order valence-electron chi connectivity index (χ3n) is 4.12. The second kappa shape index (κ2) is 6.77. The predicted octanol–water partition coefficient (Wildman–Crippen LogP) is 4.21. The Morgan fingerprint density at radius 2 is 1.71 bits per heavy atom. The van der Waals surface area contributed by atoms with Crippen molar-refractivity contribution >= 4 is 0 Å². The van der Waals surface area contributed by atoms with Crippen LogP contribution in [0.4, 0.5) is 0 Å². The van der Waals surface area contributed by atoms with Gasteiger partial charge >= 0.3 is 0 Å². The first-order valence-corrected chi connectivity index (χ1v) is 7.59. The Bertz CT molecular complexity index is 577. The second-order valence-corrected chi connectivity index (χ2v) is 6.17. The summed E-state index contributed by atoms with van der Waals surface area (Å²) in [4.78, 5) is 0. The molecule has 0 radical (unpaired) electrons. The number of nitrogens with two attached hydrogens (primary N) is 1. The minimum atomic E-state index is 0.107. The Morgan fingerprint density at radius 3 is 2.33 bits per heavy atom. The van der Waals surface area contributed by atoms with Gasteiger partial charge in [-0.1, -0.05) is 61.9 Å². The van der Waals surface area contributed by atoms with Crippen LogP contribution in [0.5, 0.6) is 5.75 Å². The molecule has 0 aliphatic carbocycles. The lowest BCUT2D eigenvalue weighted by molar-refractivity contribution is 0.428. The lowest BCUT2D eigenvalue weighted by atomic mass is 9.82. The van der Waals surface area contributed by atoms with Gasteiger partial charge in [0, 0.05) is 17.5 Å². The third kappa shape index (κ3) is 3.85. The highest BCUT2D eigenvalue weighted by atomic mass is 16.3. The van der Waals surface area contributed by atoms with E-state index >= 15 is 0 Å². The van der Waals surface area contributed by atoms with E-state index in [0.29, 0.717) is 11.7 Å². The van der Waals surface area contributed by atoms with Crippen molar-refractivity contribution in [1.82, 2.24) is 0 Å². The minimum absolute atomic E-state index is 0.107. The van der Waals surface area contributed by atoms with Gasteiger partial charge in [0.15, 0.2) is 0 Å². The fourth-order valence-corrected chi connectivity index (χ4v) is 2.63. The molecular weight excluding hydrogens is 258 g/mol. The molecule has 2 aromatic carbocycles. The van der Waals surface area contributed by atoms with E-state index in [4.69, 9.17) is 5.73 Å². The van der Waals surface area contributed by atoms with Gasteiger partial charge in [0.25, 0.3) is 0 Å². The normalized spacial score (nSPS) is 14.1. The van der Waals surface area contributed by atoms with Crippen LogP contribution in [0.15, 0.2) is 48.5 Å². The maximum atomic E-state index is 10.3. The summed E-state index contributed by atoms with van der Waals surface area (Å²) in [7, 11) is 0. The Morgan fingerprint density at radius 1 is 1.05 bits per heavy atom. The van der Waals surface area contributed by atoms with E-state index in [1.165, 1.54) is 5.56 Å². The van der Waals surface area contributed by atoms with Gasteiger partial charge in [-0.05, 0) is 30.9 Å². The van der Waals surface area contributed by atoms with Crippen LogP contribution in [-0.4, -0.2) is 11.1 Å². The number of benzene rings is 2. The zero-order valence-corrected chi connectivity index (χ0v) is 13.1. The number of rotatable bonds is 5. The highest BCUT2D eigenvalue weighted by Gasteiger charge is 2.22. The van der Waals surface area contributed by atoms with Crippen molar-refractivity contribution in [1.29, 1.82) is 0 Å². The first-order chi connectivity index (χ1) is 9.99. The smallest absolute Gasteiger partial charge is 0.119 e. The van der Waals surface area contributed by atoms with Crippen molar-refractivity contribution in [3.8, 4) is 5.75 Å². The van der Waals surface area contributed by atoms with Crippen molar-refractivity contribution in [2.75, 3.05) is 0 Å². The van der Waals surface area contributed by atoms with Gasteiger partial charge in [0.2, 0.25) is 0 Å². The van der Waals surface area contributed by atoms with Crippen LogP contribution in [-0.2, 0) is 0 Å². The number of aromatic hydroxyl groups is 1. The van der Waals surface area contributed by atoms with Crippen LogP contribution in [0.1, 0.15) is 42.9 Å². The van der Waals surface area contributed by atoms with Crippen LogP contribution in [0, 0.1) is 12.8 Å². The largest absolute Gasteiger partial charge is 0.508 e. The third-order valence-corrected chi connectivity index (χ3v) is 4.12. The molecule has 0 saturated carbocycles. The molecule has 2 unspecified atom stereocenters. The molecule has 0 aliphatic heterocycles. The molecule has 0 aliphatic rings. The molecule has 0 heterocycles. The topological polar surface area (TPSA) is 46.2 Å². The first-order valence-electron chi connectivity index (χ1n) is 7.59. The zero-order valence-electron chi connectivity index (χ0n) is 13.1. The maximum absolute atomic E-state index is 10.3. The van der Waals surface area contributed by atoms with Crippen molar-refractivity contribution in [2.45, 2.75) is 39.2 Å². The fourth-order valence-electron chi connectivity index (χ4n) is 2.63. The molecule has 2 heteroatoms. The van der Waals surface area contributed by atoms with E-state index in [1.807, 2.05) is 31.2 Å². The summed E-state index contributed by atoms with van der Waals surface area (Å²) < 4.78 is 0. The number of phenols is 1. The average Bonchev–Trinajstić information content (AvgIpc) is 2.48.